The fourth-order valence-corrected chi connectivity index (χ4v) is 1.90. The van der Waals surface area contributed by atoms with E-state index in [1.165, 1.54) is 0 Å². The average Bonchev–Trinajstić information content (AvgIpc) is 2.21. The summed E-state index contributed by atoms with van der Waals surface area (Å²) in [7, 11) is 3.62. The van der Waals surface area contributed by atoms with Gasteiger partial charge in [0.2, 0.25) is 0 Å². The second kappa shape index (κ2) is 6.83. The third kappa shape index (κ3) is 5.39. The Kier molecular flexibility index (Phi) is 6.52. The highest BCUT2D eigenvalue weighted by atomic mass is 19.4. The fraction of sp³-hybridized carbons (Fsp3) is 0.909. The normalized spacial score (nSPS) is 14.2. The summed E-state index contributed by atoms with van der Waals surface area (Å²) in [6.45, 7) is 4.02. The van der Waals surface area contributed by atoms with E-state index in [0.29, 0.717) is 0 Å². The second-order valence-corrected chi connectivity index (χ2v) is 4.32. The van der Waals surface area contributed by atoms with Crippen molar-refractivity contribution in [2.75, 3.05) is 20.6 Å². The lowest BCUT2D eigenvalue weighted by molar-refractivity contribution is -0.173. The van der Waals surface area contributed by atoms with Crippen LogP contribution in [0, 0.1) is 5.92 Å². The summed E-state index contributed by atoms with van der Waals surface area (Å²) >= 11 is 0. The molecule has 0 aromatic heterocycles. The Bertz CT molecular complexity index is 237. The quantitative estimate of drug-likeness (QED) is 0.786. The molecule has 0 rings (SSSR count). The van der Waals surface area contributed by atoms with Crippen LogP contribution in [-0.2, 0) is 4.79 Å². The Morgan fingerprint density at radius 3 is 2.00 bits per heavy atom. The number of halogens is 3. The van der Waals surface area contributed by atoms with Crippen LogP contribution < -0.4 is 5.32 Å². The predicted molar refractivity (Wildman–Crippen MR) is 60.6 cm³/mol. The van der Waals surface area contributed by atoms with E-state index in [9.17, 15) is 18.0 Å². The molecule has 0 radical (unpaired) electrons. The van der Waals surface area contributed by atoms with Gasteiger partial charge in [0.25, 0.3) is 0 Å². The van der Waals surface area contributed by atoms with Crippen molar-refractivity contribution >= 4 is 5.91 Å². The maximum atomic E-state index is 12.0. The minimum absolute atomic E-state index is 0.0255. The van der Waals surface area contributed by atoms with Crippen LogP contribution in [0.2, 0.25) is 0 Å². The van der Waals surface area contributed by atoms with Gasteiger partial charge in [-0.1, -0.05) is 26.7 Å². The molecule has 0 aliphatic heterocycles. The number of amides is 1. The van der Waals surface area contributed by atoms with Gasteiger partial charge < -0.3 is 10.2 Å². The molecular formula is C11H21F3N2O. The number of alkyl halides is 3. The lowest BCUT2D eigenvalue weighted by Crippen LogP contribution is -2.47. The number of hydrogen-bond donors (Lipinski definition) is 1. The molecule has 0 aromatic rings. The van der Waals surface area contributed by atoms with Gasteiger partial charge in [-0.2, -0.15) is 13.2 Å². The van der Waals surface area contributed by atoms with Crippen LogP contribution in [0.15, 0.2) is 0 Å². The molecule has 1 N–H and O–H groups in total. The van der Waals surface area contributed by atoms with E-state index in [0.717, 1.165) is 12.8 Å². The molecule has 0 fully saturated rings. The van der Waals surface area contributed by atoms with Crippen molar-refractivity contribution in [3.8, 4) is 0 Å². The van der Waals surface area contributed by atoms with Crippen LogP contribution >= 0.6 is 0 Å². The summed E-state index contributed by atoms with van der Waals surface area (Å²) in [5.74, 6) is -1.59. The SMILES string of the molecule is CCC(CC)C(CNC(=O)C(F)(F)F)N(C)C. The molecule has 0 aromatic carbocycles. The summed E-state index contributed by atoms with van der Waals surface area (Å²) in [5, 5.41) is 1.95. The highest BCUT2D eigenvalue weighted by Crippen LogP contribution is 2.18. The molecule has 0 heterocycles. The number of carbonyl (C=O) groups is 1. The lowest BCUT2D eigenvalue weighted by atomic mass is 9.93. The predicted octanol–water partition coefficient (Wildman–Crippen LogP) is 2.03. The zero-order valence-corrected chi connectivity index (χ0v) is 10.8. The van der Waals surface area contributed by atoms with Gasteiger partial charge in [-0.15, -0.1) is 0 Å². The lowest BCUT2D eigenvalue weighted by Gasteiger charge is -2.31. The van der Waals surface area contributed by atoms with Crippen LogP contribution in [0.1, 0.15) is 26.7 Å². The minimum Gasteiger partial charge on any atom is -0.347 e. The van der Waals surface area contributed by atoms with E-state index in [-0.39, 0.29) is 18.5 Å². The largest absolute Gasteiger partial charge is 0.471 e. The van der Waals surface area contributed by atoms with Crippen molar-refractivity contribution in [1.29, 1.82) is 0 Å². The molecule has 1 unspecified atom stereocenters. The first kappa shape index (κ1) is 16.2. The van der Waals surface area contributed by atoms with Gasteiger partial charge in [-0.05, 0) is 20.0 Å². The average molecular weight is 254 g/mol. The van der Waals surface area contributed by atoms with E-state index >= 15 is 0 Å². The van der Waals surface area contributed by atoms with Gasteiger partial charge in [-0.25, -0.2) is 0 Å². The van der Waals surface area contributed by atoms with E-state index in [1.54, 1.807) is 0 Å². The van der Waals surface area contributed by atoms with Gasteiger partial charge in [0.15, 0.2) is 0 Å². The van der Waals surface area contributed by atoms with E-state index in [1.807, 2.05) is 38.2 Å². The number of hydrogen-bond acceptors (Lipinski definition) is 2. The van der Waals surface area contributed by atoms with Crippen molar-refractivity contribution in [3.05, 3.63) is 0 Å². The molecule has 0 aliphatic carbocycles. The van der Waals surface area contributed by atoms with Crippen LogP contribution in [0.3, 0.4) is 0 Å². The molecule has 6 heteroatoms. The maximum absolute atomic E-state index is 12.0. The van der Waals surface area contributed by atoms with E-state index in [4.69, 9.17) is 0 Å². The van der Waals surface area contributed by atoms with Crippen LogP contribution in [0.4, 0.5) is 13.2 Å². The number of likely N-dealkylation sites (N-methyl/N-ethyl adjacent to an activating group) is 1. The van der Waals surface area contributed by atoms with Crippen LogP contribution in [-0.4, -0.2) is 43.7 Å². The van der Waals surface area contributed by atoms with Gasteiger partial charge in [0, 0.05) is 12.6 Å². The summed E-state index contributed by atoms with van der Waals surface area (Å²) in [5.41, 5.74) is 0. The zero-order chi connectivity index (χ0) is 13.6. The molecule has 0 aliphatic rings. The molecule has 0 spiro atoms. The van der Waals surface area contributed by atoms with Crippen molar-refractivity contribution in [1.82, 2.24) is 10.2 Å². The smallest absolute Gasteiger partial charge is 0.347 e. The molecule has 102 valence electrons. The Labute approximate surface area is 100 Å². The number of nitrogens with zero attached hydrogens (tertiary/aromatic N) is 1. The second-order valence-electron chi connectivity index (χ2n) is 4.32. The van der Waals surface area contributed by atoms with E-state index < -0.39 is 12.1 Å². The molecule has 17 heavy (non-hydrogen) atoms. The number of rotatable bonds is 6. The Balaban J connectivity index is 4.43. The molecule has 1 atom stereocenters. The third-order valence-electron chi connectivity index (χ3n) is 2.99. The fourth-order valence-electron chi connectivity index (χ4n) is 1.90. The maximum Gasteiger partial charge on any atom is 0.471 e. The van der Waals surface area contributed by atoms with Gasteiger partial charge in [-0.3, -0.25) is 4.79 Å². The van der Waals surface area contributed by atoms with Gasteiger partial charge in [0.1, 0.15) is 0 Å². The number of nitrogens with one attached hydrogen (secondary N) is 1. The third-order valence-corrected chi connectivity index (χ3v) is 2.99. The topological polar surface area (TPSA) is 32.3 Å². The standard InChI is InChI=1S/C11H21F3N2O/c1-5-8(6-2)9(16(3)4)7-15-10(17)11(12,13)14/h8-9H,5-7H2,1-4H3,(H,15,17). The minimum atomic E-state index is -4.80. The molecule has 0 saturated heterocycles. The highest BCUT2D eigenvalue weighted by molar-refractivity contribution is 5.81. The summed E-state index contributed by atoms with van der Waals surface area (Å²) in [6.07, 6.45) is -3.05. The van der Waals surface area contributed by atoms with Crippen molar-refractivity contribution in [3.63, 3.8) is 0 Å². The Morgan fingerprint density at radius 2 is 1.71 bits per heavy atom. The summed E-state index contributed by atoms with van der Waals surface area (Å²) < 4.78 is 36.1. The summed E-state index contributed by atoms with van der Waals surface area (Å²) in [4.78, 5) is 12.6. The Hall–Kier alpha value is -0.780. The van der Waals surface area contributed by atoms with E-state index in [2.05, 4.69) is 0 Å². The summed E-state index contributed by atoms with van der Waals surface area (Å²) in [6, 6.07) is -0.0729. The molecule has 0 saturated carbocycles. The first-order valence-electron chi connectivity index (χ1n) is 5.75. The molecule has 1 amide bonds. The molecule has 3 nitrogen and oxygen atoms in total. The zero-order valence-electron chi connectivity index (χ0n) is 10.8. The van der Waals surface area contributed by atoms with Crippen LogP contribution in [0.25, 0.3) is 0 Å². The Morgan fingerprint density at radius 1 is 1.24 bits per heavy atom. The number of carbonyl (C=O) groups excluding carboxylic acids is 1. The van der Waals surface area contributed by atoms with Crippen LogP contribution in [0.5, 0.6) is 0 Å². The highest BCUT2D eigenvalue weighted by Gasteiger charge is 2.39. The first-order chi connectivity index (χ1) is 7.73. The molecular weight excluding hydrogens is 233 g/mol. The van der Waals surface area contributed by atoms with Crippen molar-refractivity contribution in [2.24, 2.45) is 5.92 Å². The first-order valence-corrected chi connectivity index (χ1v) is 5.75. The van der Waals surface area contributed by atoms with Gasteiger partial charge >= 0.3 is 12.1 Å². The molecule has 0 bridgehead atoms. The van der Waals surface area contributed by atoms with Gasteiger partial charge in [0.05, 0.1) is 0 Å². The van der Waals surface area contributed by atoms with Crippen molar-refractivity contribution < 1.29 is 18.0 Å². The van der Waals surface area contributed by atoms with Crippen molar-refractivity contribution in [2.45, 2.75) is 38.9 Å². The monoisotopic (exact) mass is 254 g/mol.